The summed E-state index contributed by atoms with van der Waals surface area (Å²) in [6, 6.07) is 6.50. The van der Waals surface area contributed by atoms with Crippen LogP contribution in [0.25, 0.3) is 4.85 Å². The summed E-state index contributed by atoms with van der Waals surface area (Å²) < 4.78 is 14.8. The van der Waals surface area contributed by atoms with Gasteiger partial charge in [-0.1, -0.05) is 25.4 Å². The van der Waals surface area contributed by atoms with Gasteiger partial charge in [0.15, 0.2) is 5.69 Å². The minimum absolute atomic E-state index is 0.0413. The molecule has 0 bridgehead atoms. The van der Waals surface area contributed by atoms with Crippen molar-refractivity contribution in [3.05, 3.63) is 95.9 Å². The Morgan fingerprint density at radius 3 is 2.61 bits per heavy atom. The molecule has 0 radical (unpaired) electrons. The van der Waals surface area contributed by atoms with Crippen LogP contribution in [0.1, 0.15) is 46.9 Å². The van der Waals surface area contributed by atoms with Crippen molar-refractivity contribution in [3.63, 3.8) is 0 Å². The quantitative estimate of drug-likeness (QED) is 0.358. The van der Waals surface area contributed by atoms with Crippen molar-refractivity contribution in [1.29, 1.82) is 0 Å². The Kier molecular flexibility index (Phi) is 6.04. The van der Waals surface area contributed by atoms with Gasteiger partial charge in [0.2, 0.25) is 11.7 Å². The Balaban J connectivity index is 2.30. The van der Waals surface area contributed by atoms with Gasteiger partial charge in [-0.3, -0.25) is 19.1 Å². The van der Waals surface area contributed by atoms with E-state index in [-0.39, 0.29) is 45.5 Å². The molecule has 31 heavy (non-hydrogen) atoms. The van der Waals surface area contributed by atoms with Crippen LogP contribution in [0, 0.1) is 12.5 Å². The number of carbonyl (C=O) groups excluding carboxylic acids is 1. The number of anilines is 1. The van der Waals surface area contributed by atoms with E-state index in [0.29, 0.717) is 0 Å². The highest BCUT2D eigenvalue weighted by Crippen LogP contribution is 2.25. The molecule has 8 nitrogen and oxygen atoms in total. The zero-order valence-electron chi connectivity index (χ0n) is 16.6. The highest BCUT2D eigenvalue weighted by molar-refractivity contribution is 6.31. The highest BCUT2D eigenvalue weighted by Gasteiger charge is 2.25. The predicted molar refractivity (Wildman–Crippen MR) is 114 cm³/mol. The summed E-state index contributed by atoms with van der Waals surface area (Å²) in [7, 11) is 0. The van der Waals surface area contributed by atoms with Gasteiger partial charge in [-0.25, -0.2) is 14.6 Å². The van der Waals surface area contributed by atoms with Crippen molar-refractivity contribution in [1.82, 2.24) is 14.5 Å². The molecule has 0 unspecified atom stereocenters. The lowest BCUT2D eigenvalue weighted by Crippen LogP contribution is -2.38. The second kappa shape index (κ2) is 8.53. The molecule has 1 aromatic carbocycles. The maximum Gasteiger partial charge on any atom is 0.329 e. The van der Waals surface area contributed by atoms with E-state index in [9.17, 15) is 18.8 Å². The molecule has 3 aromatic rings. The van der Waals surface area contributed by atoms with Gasteiger partial charge >= 0.3 is 5.69 Å². The molecule has 0 aliphatic carbocycles. The first-order chi connectivity index (χ1) is 14.6. The summed E-state index contributed by atoms with van der Waals surface area (Å²) in [4.78, 5) is 47.6. The first kappa shape index (κ1) is 21.9. The predicted octanol–water partition coefficient (Wildman–Crippen LogP) is 3.26. The smallest absolute Gasteiger partial charge is 0.329 e. The Morgan fingerprint density at radius 2 is 2.00 bits per heavy atom. The second-order valence-corrected chi connectivity index (χ2v) is 7.56. The monoisotopic (exact) mass is 441 g/mol. The molecule has 0 spiro atoms. The number of halogens is 2. The van der Waals surface area contributed by atoms with Crippen LogP contribution in [0.5, 0.6) is 0 Å². The van der Waals surface area contributed by atoms with Gasteiger partial charge < -0.3 is 5.73 Å². The lowest BCUT2D eigenvalue weighted by Gasteiger charge is -2.18. The number of H-pyrrole nitrogens is 1. The summed E-state index contributed by atoms with van der Waals surface area (Å²) in [5.74, 6) is -2.03. The number of aromatic nitrogens is 3. The third-order valence-corrected chi connectivity index (χ3v) is 4.73. The molecule has 158 valence electrons. The third-order valence-electron chi connectivity index (χ3n) is 4.52. The number of benzene rings is 1. The fourth-order valence-electron chi connectivity index (χ4n) is 3.27. The van der Waals surface area contributed by atoms with Crippen LogP contribution in [0.15, 0.2) is 39.9 Å². The number of hydrogen-bond acceptors (Lipinski definition) is 5. The number of ketones is 1. The molecular formula is C21H17ClFN5O3. The van der Waals surface area contributed by atoms with Crippen LogP contribution in [-0.4, -0.2) is 20.3 Å². The summed E-state index contributed by atoms with van der Waals surface area (Å²) in [6.45, 7) is 10.3. The first-order valence-corrected chi connectivity index (χ1v) is 9.50. The van der Waals surface area contributed by atoms with E-state index >= 15 is 0 Å². The second-order valence-electron chi connectivity index (χ2n) is 7.12. The molecule has 10 heteroatoms. The number of aromatic amines is 1. The number of nitrogens with two attached hydrogens (primary N) is 1. The Morgan fingerprint density at radius 1 is 1.29 bits per heavy atom. The third kappa shape index (κ3) is 4.54. The number of nitrogens with zero attached hydrogens (tertiary/aromatic N) is 3. The highest BCUT2D eigenvalue weighted by atomic mass is 35.5. The number of pyridine rings is 1. The number of hydrogen-bond donors (Lipinski definition) is 2. The molecule has 0 atom stereocenters. The normalized spacial score (nSPS) is 10.8. The molecule has 0 saturated carbocycles. The van der Waals surface area contributed by atoms with E-state index < -0.39 is 28.9 Å². The lowest BCUT2D eigenvalue weighted by molar-refractivity contribution is 0.102. The molecule has 3 N–H and O–H groups in total. The molecule has 2 heterocycles. The number of carbonyl (C=O) groups is 1. The van der Waals surface area contributed by atoms with Crippen LogP contribution < -0.4 is 17.0 Å². The molecule has 2 aromatic heterocycles. The number of nitrogens with one attached hydrogen (secondary N) is 1. The number of nitrogen functional groups attached to an aromatic ring is 1. The minimum atomic E-state index is -0.846. The van der Waals surface area contributed by atoms with Crippen molar-refractivity contribution >= 4 is 28.9 Å². The van der Waals surface area contributed by atoms with Crippen molar-refractivity contribution in [2.45, 2.75) is 26.3 Å². The minimum Gasteiger partial charge on any atom is -0.384 e. The summed E-state index contributed by atoms with van der Waals surface area (Å²) >= 11 is 6.04. The zero-order valence-corrected chi connectivity index (χ0v) is 17.3. The fourth-order valence-corrected chi connectivity index (χ4v) is 3.50. The average molecular weight is 442 g/mol. The van der Waals surface area contributed by atoms with Crippen molar-refractivity contribution < 1.29 is 9.18 Å². The molecule has 0 aliphatic rings. The fraction of sp³-hybridized carbons (Fsp3) is 0.190. The van der Waals surface area contributed by atoms with E-state index in [0.717, 1.165) is 10.6 Å². The van der Waals surface area contributed by atoms with Crippen LogP contribution in [0.3, 0.4) is 0 Å². The van der Waals surface area contributed by atoms with Gasteiger partial charge in [-0.2, -0.15) is 4.39 Å². The van der Waals surface area contributed by atoms with Crippen molar-refractivity contribution in [2.75, 3.05) is 5.73 Å². The Hall–Kier alpha value is -3.77. The maximum absolute atomic E-state index is 13.7. The van der Waals surface area contributed by atoms with Gasteiger partial charge in [-0.05, 0) is 41.8 Å². The molecule has 0 amide bonds. The van der Waals surface area contributed by atoms with Gasteiger partial charge in [0.05, 0.1) is 13.1 Å². The van der Waals surface area contributed by atoms with Gasteiger partial charge in [-0.15, -0.1) is 0 Å². The number of rotatable bonds is 5. The van der Waals surface area contributed by atoms with E-state index in [4.69, 9.17) is 23.9 Å². The van der Waals surface area contributed by atoms with E-state index in [1.165, 1.54) is 24.3 Å². The van der Waals surface area contributed by atoms with Crippen LogP contribution in [-0.2, 0) is 6.54 Å². The molecule has 0 fully saturated rings. The summed E-state index contributed by atoms with van der Waals surface area (Å²) in [5.41, 5.74) is 4.39. The molecule has 0 saturated heterocycles. The standard InChI is InChI=1S/C21H17ClFN5O3/c1-10(2)17-18(19(29)12-6-13(22)8-14(7-12)25-3)28(21(31)27-20(17)30)9-11-4-15(23)26-16(24)5-11/h4-8,10H,9H2,1-2H3,(H2,24,26)(H,27,30,31). The van der Waals surface area contributed by atoms with Gasteiger partial charge in [0, 0.05) is 16.1 Å². The van der Waals surface area contributed by atoms with Crippen molar-refractivity contribution in [2.24, 2.45) is 0 Å². The van der Waals surface area contributed by atoms with Crippen LogP contribution >= 0.6 is 11.6 Å². The lowest BCUT2D eigenvalue weighted by atomic mass is 9.96. The maximum atomic E-state index is 13.7. The summed E-state index contributed by atoms with van der Waals surface area (Å²) in [6.07, 6.45) is 0. The Bertz CT molecular complexity index is 1330. The average Bonchev–Trinajstić information content (AvgIpc) is 2.67. The topological polar surface area (TPSA) is 115 Å². The Labute approximate surface area is 180 Å². The molecular weight excluding hydrogens is 425 g/mol. The van der Waals surface area contributed by atoms with Gasteiger partial charge in [0.1, 0.15) is 11.5 Å². The van der Waals surface area contributed by atoms with Crippen LogP contribution in [0.4, 0.5) is 15.9 Å². The van der Waals surface area contributed by atoms with Gasteiger partial charge in [0.25, 0.3) is 5.56 Å². The van der Waals surface area contributed by atoms with E-state index in [2.05, 4.69) is 14.8 Å². The SMILES string of the molecule is [C-]#[N+]c1cc(Cl)cc(C(=O)c2c(C(C)C)c(=O)[nH]c(=O)n2Cc2cc(N)nc(F)c2)c1. The van der Waals surface area contributed by atoms with E-state index in [1.807, 2.05) is 0 Å². The largest absolute Gasteiger partial charge is 0.384 e. The van der Waals surface area contributed by atoms with Crippen LogP contribution in [0.2, 0.25) is 5.02 Å². The van der Waals surface area contributed by atoms with E-state index in [1.54, 1.807) is 13.8 Å². The molecule has 3 rings (SSSR count). The zero-order chi connectivity index (χ0) is 22.9. The summed E-state index contributed by atoms with van der Waals surface area (Å²) in [5, 5.41) is 0.158. The first-order valence-electron chi connectivity index (χ1n) is 9.12. The van der Waals surface area contributed by atoms with Crippen molar-refractivity contribution in [3.8, 4) is 0 Å². The molecule has 0 aliphatic heterocycles.